The Hall–Kier alpha value is -4.98. The summed E-state index contributed by atoms with van der Waals surface area (Å²) in [7, 11) is 2.84. The fourth-order valence-electron chi connectivity index (χ4n) is 10.1. The van der Waals surface area contributed by atoms with Crippen molar-refractivity contribution in [3.8, 4) is 23.7 Å². The third-order valence-electron chi connectivity index (χ3n) is 14.4. The van der Waals surface area contributed by atoms with E-state index in [0.29, 0.717) is 25.7 Å². The molecule has 2 aromatic carbocycles. The number of nitrogens with one attached hydrogen (secondary N) is 4. The smallest absolute Gasteiger partial charge is 0.410 e. The van der Waals surface area contributed by atoms with E-state index >= 15 is 0 Å². The zero-order valence-electron chi connectivity index (χ0n) is 49.0. The van der Waals surface area contributed by atoms with Gasteiger partial charge < -0.3 is 40.5 Å². The molecule has 8 atom stereocenters. The maximum atomic E-state index is 14.5. The van der Waals surface area contributed by atoms with Crippen LogP contribution in [0.25, 0.3) is 0 Å². The van der Waals surface area contributed by atoms with Gasteiger partial charge in [0, 0.05) is 40.0 Å². The predicted octanol–water partition coefficient (Wildman–Crippen LogP) is 6.30. The molecule has 0 radical (unpaired) electrons. The lowest BCUT2D eigenvalue weighted by atomic mass is 9.87. The van der Waals surface area contributed by atoms with E-state index < -0.39 is 83.3 Å². The van der Waals surface area contributed by atoms with Crippen molar-refractivity contribution < 1.29 is 47.8 Å². The second-order valence-corrected chi connectivity index (χ2v) is 22.4. The molecule has 0 saturated carbocycles. The number of benzene rings is 2. The summed E-state index contributed by atoms with van der Waals surface area (Å²) in [5.41, 5.74) is 2.83. The monoisotopic (exact) mass is 1250 g/mol. The Labute approximate surface area is 527 Å². The van der Waals surface area contributed by atoms with E-state index in [-0.39, 0.29) is 131 Å². The van der Waals surface area contributed by atoms with Gasteiger partial charge in [0.2, 0.25) is 35.4 Å². The van der Waals surface area contributed by atoms with Crippen molar-refractivity contribution in [2.45, 2.75) is 192 Å². The molecule has 8 amide bonds. The Bertz CT molecular complexity index is 2470. The third kappa shape index (κ3) is 21.0. The molecule has 4 N–H and O–H groups in total. The van der Waals surface area contributed by atoms with E-state index in [0.717, 1.165) is 59.5 Å². The van der Waals surface area contributed by atoms with Crippen molar-refractivity contribution in [3.63, 3.8) is 0 Å². The van der Waals surface area contributed by atoms with Crippen LogP contribution in [0.1, 0.15) is 154 Å². The molecule has 4 aliphatic rings. The lowest BCUT2D eigenvalue weighted by Crippen LogP contribution is -2.56. The summed E-state index contributed by atoms with van der Waals surface area (Å²) in [5, 5.41) is 11.9. The number of likely N-dealkylation sites (tertiary alicyclic amines) is 2. The molecule has 0 unspecified atom stereocenters. The van der Waals surface area contributed by atoms with Crippen molar-refractivity contribution in [2.24, 2.45) is 0 Å². The van der Waals surface area contributed by atoms with Gasteiger partial charge in [-0.2, -0.15) is 81.0 Å². The molecule has 458 valence electrons. The molecular formula is C58H90N8O10S6. The second-order valence-electron chi connectivity index (χ2n) is 22.4. The van der Waals surface area contributed by atoms with E-state index in [1.807, 2.05) is 36.4 Å². The first-order valence-electron chi connectivity index (χ1n) is 26.8. The largest absolute Gasteiger partial charge is 0.444 e. The summed E-state index contributed by atoms with van der Waals surface area (Å²) >= 11 is 0. The van der Waals surface area contributed by atoms with Gasteiger partial charge >= 0.3 is 12.2 Å². The third-order valence-corrected chi connectivity index (χ3v) is 14.4. The molecule has 6 rings (SSSR count). The number of hydrogen-bond acceptors (Lipinski definition) is 10. The SMILES string of the molecule is C[C@@H](C(=O)N[C@@H](CC#CC#CC[C@H](NC(=O)[C@H](C)N(C)C(=O)OC(C)(C)C)C(=O)N1CCC[C@H]1C(=O)N[C@@H]1CCCc2ccccc21)C(=O)N1CCC[C@H]1C(=O)N[C@@H]1CCCc2ccccc21)N(C)C(=O)OC(C)(C)C.S.S.S.S.S.S. The molecule has 2 aliphatic heterocycles. The highest BCUT2D eigenvalue weighted by molar-refractivity contribution is 7.60. The number of nitrogens with zero attached hydrogens (tertiary/aromatic N) is 4. The Morgan fingerprint density at radius 1 is 0.549 bits per heavy atom. The van der Waals surface area contributed by atoms with Crippen molar-refractivity contribution in [1.29, 1.82) is 0 Å². The Balaban J connectivity index is 0.0000109. The van der Waals surface area contributed by atoms with Crippen LogP contribution in [0.4, 0.5) is 9.59 Å². The average Bonchev–Trinajstić information content (AvgIpc) is 4.09. The minimum absolute atomic E-state index is 0. The quantitative estimate of drug-likeness (QED) is 0.155. The van der Waals surface area contributed by atoms with Gasteiger partial charge in [0.25, 0.3) is 0 Å². The highest BCUT2D eigenvalue weighted by Gasteiger charge is 2.41. The molecule has 24 heteroatoms. The lowest BCUT2D eigenvalue weighted by molar-refractivity contribution is -0.142. The number of fused-ring (bicyclic) bond motifs is 2. The first kappa shape index (κ1) is 77.0. The molecule has 2 aromatic rings. The fraction of sp³-hybridized carbons (Fsp3) is 0.586. The minimum Gasteiger partial charge on any atom is -0.444 e. The molecule has 2 saturated heterocycles. The number of rotatable bonds is 14. The van der Waals surface area contributed by atoms with E-state index in [2.05, 4.69) is 57.1 Å². The number of likely N-dealkylation sites (N-methyl/N-ethyl adjacent to an activating group) is 2. The predicted molar refractivity (Wildman–Crippen MR) is 348 cm³/mol. The molecule has 2 fully saturated rings. The second kappa shape index (κ2) is 34.7. The summed E-state index contributed by atoms with van der Waals surface area (Å²) in [6.07, 6.45) is 5.23. The van der Waals surface area contributed by atoms with E-state index in [1.165, 1.54) is 48.9 Å². The van der Waals surface area contributed by atoms with Gasteiger partial charge in [-0.15, -0.1) is 0 Å². The Morgan fingerprint density at radius 3 is 1.23 bits per heavy atom. The average molecular weight is 1250 g/mol. The Morgan fingerprint density at radius 2 is 0.890 bits per heavy atom. The van der Waals surface area contributed by atoms with Gasteiger partial charge in [-0.25, -0.2) is 9.59 Å². The van der Waals surface area contributed by atoms with Crippen LogP contribution in [-0.2, 0) is 51.1 Å². The normalized spacial score (nSPS) is 19.0. The molecule has 82 heavy (non-hydrogen) atoms. The van der Waals surface area contributed by atoms with Crippen LogP contribution in [0.3, 0.4) is 0 Å². The minimum atomic E-state index is -1.25. The fourth-order valence-corrected chi connectivity index (χ4v) is 10.1. The van der Waals surface area contributed by atoms with Crippen LogP contribution >= 0.6 is 81.0 Å². The standard InChI is InChI=1S/C58H78N8O10.6H2S/c1-37(63(9)55(73)75-57(3,4)5)49(67)61-45(53(71)65-35-21-33-47(65)51(69)59-43-31-19-25-39-23-15-17-27-41(39)43)29-13-11-12-14-30-46(62-50(68)38(2)64(10)56(74)76-58(6,7)8)54(72)66-36-22-34-48(66)52(70)60-44-32-20-26-40-24-16-18-28-42(40)44;;;;;;/h15-18,23-24,27-28,37-38,43-48H,19-22,25-26,29-36H2,1-10H3,(H,59,69)(H,60,70)(H,61,67)(H,62,68);6*1H2/t37-,38-,43+,44+,45-,46-,47-,48-;;;;;;/m0....../s1. The summed E-state index contributed by atoms with van der Waals surface area (Å²) in [6, 6.07) is 9.39. The zero-order chi connectivity index (χ0) is 55.5. The zero-order valence-corrected chi connectivity index (χ0v) is 55.0. The van der Waals surface area contributed by atoms with E-state index in [9.17, 15) is 38.4 Å². The molecule has 2 aliphatic carbocycles. The molecule has 18 nitrogen and oxygen atoms in total. The summed E-state index contributed by atoms with van der Waals surface area (Å²) in [5.74, 6) is 8.30. The maximum absolute atomic E-state index is 14.5. The van der Waals surface area contributed by atoms with Gasteiger partial charge in [-0.3, -0.25) is 38.6 Å². The Kier molecular flexibility index (Phi) is 32.6. The number of carbonyl (C=O) groups is 8. The topological polar surface area (TPSA) is 216 Å². The number of ether oxygens (including phenoxy) is 2. The maximum Gasteiger partial charge on any atom is 0.410 e. The molecule has 2 heterocycles. The first-order valence-corrected chi connectivity index (χ1v) is 26.8. The van der Waals surface area contributed by atoms with Crippen molar-refractivity contribution in [3.05, 3.63) is 70.8 Å². The first-order chi connectivity index (χ1) is 35.9. The van der Waals surface area contributed by atoms with E-state index in [1.54, 1.807) is 41.5 Å². The van der Waals surface area contributed by atoms with Gasteiger partial charge in [0.05, 0.1) is 12.1 Å². The lowest BCUT2D eigenvalue weighted by Gasteiger charge is -2.32. The summed E-state index contributed by atoms with van der Waals surface area (Å²) in [6.45, 7) is 13.8. The van der Waals surface area contributed by atoms with Crippen molar-refractivity contribution >= 4 is 129 Å². The van der Waals surface area contributed by atoms with Gasteiger partial charge in [0.1, 0.15) is 47.5 Å². The van der Waals surface area contributed by atoms with Gasteiger partial charge in [-0.1, -0.05) is 60.4 Å². The molecule has 0 bridgehead atoms. The van der Waals surface area contributed by atoms with Crippen LogP contribution in [0.5, 0.6) is 0 Å². The highest BCUT2D eigenvalue weighted by atomic mass is 32.1. The van der Waals surface area contributed by atoms with Crippen LogP contribution in [0.15, 0.2) is 48.5 Å². The number of aryl methyl sites for hydroxylation is 2. The van der Waals surface area contributed by atoms with Crippen LogP contribution in [0.2, 0.25) is 0 Å². The number of hydrogen-bond donors (Lipinski definition) is 4. The van der Waals surface area contributed by atoms with Gasteiger partial charge in [-0.05, 0) is 154 Å². The van der Waals surface area contributed by atoms with Crippen LogP contribution < -0.4 is 21.3 Å². The molecule has 0 spiro atoms. The highest BCUT2D eigenvalue weighted by Crippen LogP contribution is 2.32. The number of carbonyl (C=O) groups excluding carboxylic acids is 8. The summed E-state index contributed by atoms with van der Waals surface area (Å²) < 4.78 is 11.0. The summed E-state index contributed by atoms with van der Waals surface area (Å²) in [4.78, 5) is 116. The van der Waals surface area contributed by atoms with Crippen LogP contribution in [-0.4, -0.2) is 142 Å². The van der Waals surface area contributed by atoms with Crippen molar-refractivity contribution in [1.82, 2.24) is 40.9 Å². The van der Waals surface area contributed by atoms with E-state index in [4.69, 9.17) is 9.47 Å². The van der Waals surface area contributed by atoms with Crippen LogP contribution in [0, 0.1) is 23.7 Å². The van der Waals surface area contributed by atoms with Crippen molar-refractivity contribution in [2.75, 3.05) is 27.2 Å². The number of amides is 8. The molecular weight excluding hydrogens is 1160 g/mol. The van der Waals surface area contributed by atoms with Gasteiger partial charge in [0.15, 0.2) is 0 Å². The molecule has 0 aromatic heterocycles.